The van der Waals surface area contributed by atoms with E-state index in [1.807, 2.05) is 28.8 Å². The maximum Gasteiger partial charge on any atom is 0.342 e. The van der Waals surface area contributed by atoms with Gasteiger partial charge in [-0.05, 0) is 18.2 Å². The normalized spacial score (nSPS) is 10.4. The molecule has 0 unspecified atom stereocenters. The number of methoxy groups -OCH3 is 1. The second-order valence-corrected chi connectivity index (χ2v) is 5.69. The molecule has 2 N–H and O–H groups in total. The summed E-state index contributed by atoms with van der Waals surface area (Å²) in [5, 5.41) is 9.62. The van der Waals surface area contributed by atoms with E-state index in [2.05, 4.69) is 6.07 Å². The maximum absolute atomic E-state index is 12.4. The fraction of sp³-hybridized carbons (Fsp3) is 0.111. The van der Waals surface area contributed by atoms with Gasteiger partial charge in [0.15, 0.2) is 0 Å². The standard InChI is InChI=1S/C18H14ClN3O3/c1-24-17-7-15(21)14(19)6-12(17)18(23)25-10-11-9-22-5-3-2-4-16(22)13(11)8-20/h2-7,9H,10,21H2,1H3. The molecule has 2 aromatic heterocycles. The van der Waals surface area contributed by atoms with Gasteiger partial charge in [-0.2, -0.15) is 5.26 Å². The average molecular weight is 356 g/mol. The molecule has 0 aliphatic rings. The van der Waals surface area contributed by atoms with E-state index in [9.17, 15) is 10.1 Å². The predicted molar refractivity (Wildman–Crippen MR) is 93.6 cm³/mol. The highest BCUT2D eigenvalue weighted by molar-refractivity contribution is 6.33. The van der Waals surface area contributed by atoms with Gasteiger partial charge in [-0.3, -0.25) is 0 Å². The quantitative estimate of drug-likeness (QED) is 0.572. The molecule has 0 bridgehead atoms. The predicted octanol–water partition coefficient (Wildman–Crippen LogP) is 3.41. The molecule has 25 heavy (non-hydrogen) atoms. The molecule has 3 aromatic rings. The van der Waals surface area contributed by atoms with Gasteiger partial charge < -0.3 is 19.6 Å². The van der Waals surface area contributed by atoms with Crippen LogP contribution in [0, 0.1) is 11.3 Å². The molecule has 0 aliphatic heterocycles. The van der Waals surface area contributed by atoms with Crippen LogP contribution in [-0.2, 0) is 11.3 Å². The van der Waals surface area contributed by atoms with Crippen molar-refractivity contribution in [2.24, 2.45) is 0 Å². The van der Waals surface area contributed by atoms with Crippen LogP contribution in [0.2, 0.25) is 5.02 Å². The highest BCUT2D eigenvalue weighted by Gasteiger charge is 2.18. The van der Waals surface area contributed by atoms with Crippen LogP contribution in [0.3, 0.4) is 0 Å². The van der Waals surface area contributed by atoms with Gasteiger partial charge in [0.05, 0.1) is 28.9 Å². The Labute approximate surface area is 148 Å². The highest BCUT2D eigenvalue weighted by atomic mass is 35.5. The number of pyridine rings is 1. The molecule has 0 amide bonds. The van der Waals surface area contributed by atoms with Crippen LogP contribution >= 0.6 is 11.6 Å². The van der Waals surface area contributed by atoms with Crippen molar-refractivity contribution in [3.05, 3.63) is 64.4 Å². The zero-order valence-electron chi connectivity index (χ0n) is 13.3. The molecule has 0 aliphatic carbocycles. The number of anilines is 1. The van der Waals surface area contributed by atoms with Crippen LogP contribution in [0.5, 0.6) is 5.75 Å². The van der Waals surface area contributed by atoms with E-state index in [0.717, 1.165) is 5.52 Å². The number of nitrogen functional groups attached to an aromatic ring is 1. The van der Waals surface area contributed by atoms with Gasteiger partial charge in [-0.15, -0.1) is 0 Å². The third-order valence-electron chi connectivity index (χ3n) is 3.77. The fourth-order valence-electron chi connectivity index (χ4n) is 2.53. The van der Waals surface area contributed by atoms with E-state index in [0.29, 0.717) is 16.8 Å². The summed E-state index contributed by atoms with van der Waals surface area (Å²) in [6, 6.07) is 10.5. The zero-order chi connectivity index (χ0) is 18.0. The van der Waals surface area contributed by atoms with Crippen molar-refractivity contribution >= 4 is 28.8 Å². The molecule has 6 nitrogen and oxygen atoms in total. The smallest absolute Gasteiger partial charge is 0.342 e. The number of aromatic nitrogens is 1. The Morgan fingerprint density at radius 2 is 2.20 bits per heavy atom. The van der Waals surface area contributed by atoms with E-state index >= 15 is 0 Å². The Bertz CT molecular complexity index is 1000. The Morgan fingerprint density at radius 3 is 2.92 bits per heavy atom. The van der Waals surface area contributed by atoms with E-state index < -0.39 is 5.97 Å². The van der Waals surface area contributed by atoms with Gasteiger partial charge in [0.1, 0.15) is 24.0 Å². The van der Waals surface area contributed by atoms with Crippen molar-refractivity contribution in [1.29, 1.82) is 5.26 Å². The molecule has 126 valence electrons. The Kier molecular flexibility index (Phi) is 4.50. The molecule has 3 rings (SSSR count). The van der Waals surface area contributed by atoms with Crippen LogP contribution in [0.1, 0.15) is 21.5 Å². The zero-order valence-corrected chi connectivity index (χ0v) is 14.1. The van der Waals surface area contributed by atoms with Gasteiger partial charge in [-0.1, -0.05) is 17.7 Å². The number of hydrogen-bond donors (Lipinski definition) is 1. The van der Waals surface area contributed by atoms with Gasteiger partial charge in [0, 0.05) is 24.0 Å². The SMILES string of the molecule is COc1cc(N)c(Cl)cc1C(=O)OCc1cn2ccccc2c1C#N. The molecule has 0 saturated carbocycles. The monoisotopic (exact) mass is 355 g/mol. The third-order valence-corrected chi connectivity index (χ3v) is 4.10. The Hall–Kier alpha value is -3.17. The number of hydrogen-bond acceptors (Lipinski definition) is 5. The van der Waals surface area contributed by atoms with Gasteiger partial charge >= 0.3 is 5.97 Å². The summed E-state index contributed by atoms with van der Waals surface area (Å²) in [5.41, 5.74) is 8.02. The first-order valence-corrected chi connectivity index (χ1v) is 7.71. The number of halogens is 1. The summed E-state index contributed by atoms with van der Waals surface area (Å²) >= 11 is 5.97. The molecule has 0 atom stereocenters. The Morgan fingerprint density at radius 1 is 1.40 bits per heavy atom. The number of carbonyl (C=O) groups is 1. The van der Waals surface area contributed by atoms with E-state index in [4.69, 9.17) is 26.8 Å². The lowest BCUT2D eigenvalue weighted by molar-refractivity contribution is 0.0469. The lowest BCUT2D eigenvalue weighted by atomic mass is 10.1. The van der Waals surface area contributed by atoms with Crippen molar-refractivity contribution < 1.29 is 14.3 Å². The average Bonchev–Trinajstić information content (AvgIpc) is 2.99. The number of nitrogens with two attached hydrogens (primary N) is 1. The highest BCUT2D eigenvalue weighted by Crippen LogP contribution is 2.29. The summed E-state index contributed by atoms with van der Waals surface area (Å²) in [4.78, 5) is 12.4. The number of nitrogens with zero attached hydrogens (tertiary/aromatic N) is 2. The summed E-state index contributed by atoms with van der Waals surface area (Å²) in [7, 11) is 1.42. The van der Waals surface area contributed by atoms with Gasteiger partial charge in [0.2, 0.25) is 0 Å². The van der Waals surface area contributed by atoms with E-state index in [-0.39, 0.29) is 22.9 Å². The minimum absolute atomic E-state index is 0.0471. The van der Waals surface area contributed by atoms with Crippen LogP contribution in [-0.4, -0.2) is 17.5 Å². The maximum atomic E-state index is 12.4. The number of nitriles is 1. The number of esters is 1. The number of ether oxygens (including phenoxy) is 2. The Balaban J connectivity index is 1.86. The third kappa shape index (κ3) is 3.10. The number of fused-ring (bicyclic) bond motifs is 1. The molecule has 0 radical (unpaired) electrons. The van der Waals surface area contributed by atoms with Crippen LogP contribution in [0.4, 0.5) is 5.69 Å². The molecule has 7 heteroatoms. The summed E-state index contributed by atoms with van der Waals surface area (Å²) in [6.07, 6.45) is 3.58. The molecule has 0 spiro atoms. The summed E-state index contributed by atoms with van der Waals surface area (Å²) < 4.78 is 12.3. The topological polar surface area (TPSA) is 89.8 Å². The van der Waals surface area contributed by atoms with Crippen molar-refractivity contribution in [2.45, 2.75) is 6.61 Å². The van der Waals surface area contributed by atoms with Crippen molar-refractivity contribution in [3.8, 4) is 11.8 Å². The molecular weight excluding hydrogens is 342 g/mol. The van der Waals surface area contributed by atoms with Crippen molar-refractivity contribution in [2.75, 3.05) is 12.8 Å². The van der Waals surface area contributed by atoms with Gasteiger partial charge in [-0.25, -0.2) is 4.79 Å². The lowest BCUT2D eigenvalue weighted by Gasteiger charge is -2.10. The molecule has 1 aromatic carbocycles. The second-order valence-electron chi connectivity index (χ2n) is 5.28. The molecule has 2 heterocycles. The first kappa shape index (κ1) is 16.7. The number of carbonyl (C=O) groups excluding carboxylic acids is 1. The fourth-order valence-corrected chi connectivity index (χ4v) is 2.70. The van der Waals surface area contributed by atoms with Crippen LogP contribution in [0.15, 0.2) is 42.7 Å². The number of benzene rings is 1. The number of rotatable bonds is 4. The van der Waals surface area contributed by atoms with Crippen molar-refractivity contribution in [1.82, 2.24) is 4.40 Å². The second kappa shape index (κ2) is 6.75. The first-order valence-electron chi connectivity index (χ1n) is 7.34. The van der Waals surface area contributed by atoms with Crippen LogP contribution < -0.4 is 10.5 Å². The van der Waals surface area contributed by atoms with E-state index in [1.54, 1.807) is 6.20 Å². The molecule has 0 fully saturated rings. The van der Waals surface area contributed by atoms with Crippen molar-refractivity contribution in [3.63, 3.8) is 0 Å². The largest absolute Gasteiger partial charge is 0.496 e. The van der Waals surface area contributed by atoms with Gasteiger partial charge in [0.25, 0.3) is 0 Å². The first-order chi connectivity index (χ1) is 12.0. The van der Waals surface area contributed by atoms with E-state index in [1.165, 1.54) is 19.2 Å². The molecular formula is C18H14ClN3O3. The summed E-state index contributed by atoms with van der Waals surface area (Å²) in [6.45, 7) is -0.0471. The minimum Gasteiger partial charge on any atom is -0.496 e. The van der Waals surface area contributed by atoms with Crippen LogP contribution in [0.25, 0.3) is 5.52 Å². The minimum atomic E-state index is -0.613. The lowest BCUT2D eigenvalue weighted by Crippen LogP contribution is -2.08. The summed E-state index contributed by atoms with van der Waals surface area (Å²) in [5.74, 6) is -0.340. The molecule has 0 saturated heterocycles.